The average Bonchev–Trinajstić information content (AvgIpc) is 2.77. The van der Waals surface area contributed by atoms with Gasteiger partial charge < -0.3 is 5.11 Å². The number of rotatable bonds is 2. The second-order valence-electron chi connectivity index (χ2n) is 4.75. The molecule has 0 atom stereocenters. The maximum Gasteiger partial charge on any atom is 0.185 e. The Kier molecular flexibility index (Phi) is 3.00. The van der Waals surface area contributed by atoms with Crippen molar-refractivity contribution in [3.63, 3.8) is 0 Å². The summed E-state index contributed by atoms with van der Waals surface area (Å²) in [5, 5.41) is 9.51. The van der Waals surface area contributed by atoms with Crippen molar-refractivity contribution >= 4 is 21.2 Å². The van der Waals surface area contributed by atoms with Crippen LogP contribution in [0.2, 0.25) is 0 Å². The normalized spacial score (nSPS) is 14.0. The van der Waals surface area contributed by atoms with Crippen LogP contribution in [-0.4, -0.2) is 19.8 Å². The standard InChI is InChI=1S/C14H14O3S2/c1-19(16,17)14-11-7-6-9-4-2-3-5-10(9)13(11)12(8-15)18-14/h2-5,15H,6-8H2,1H3. The van der Waals surface area contributed by atoms with Gasteiger partial charge in [0.05, 0.1) is 6.61 Å². The lowest BCUT2D eigenvalue weighted by atomic mass is 9.87. The fourth-order valence-electron chi connectivity index (χ4n) is 2.69. The zero-order chi connectivity index (χ0) is 13.6. The van der Waals surface area contributed by atoms with Crippen LogP contribution in [0.15, 0.2) is 28.5 Å². The summed E-state index contributed by atoms with van der Waals surface area (Å²) in [6, 6.07) is 8.02. The molecule has 2 aromatic rings. The second-order valence-corrected chi connectivity index (χ2v) is 8.07. The highest BCUT2D eigenvalue weighted by molar-refractivity contribution is 7.92. The maximum atomic E-state index is 11.9. The predicted octanol–water partition coefficient (Wildman–Crippen LogP) is 2.41. The van der Waals surface area contributed by atoms with Crippen LogP contribution in [-0.2, 0) is 29.3 Å². The molecule has 0 radical (unpaired) electrons. The number of hydrogen-bond donors (Lipinski definition) is 1. The Morgan fingerprint density at radius 1 is 1.26 bits per heavy atom. The van der Waals surface area contributed by atoms with Crippen molar-refractivity contribution < 1.29 is 13.5 Å². The molecule has 3 nitrogen and oxygen atoms in total. The van der Waals surface area contributed by atoms with Crippen LogP contribution < -0.4 is 0 Å². The summed E-state index contributed by atoms with van der Waals surface area (Å²) in [5.74, 6) is 0. The first-order chi connectivity index (χ1) is 9.02. The van der Waals surface area contributed by atoms with E-state index in [-0.39, 0.29) is 6.61 Å². The monoisotopic (exact) mass is 294 g/mol. The number of aryl methyl sites for hydroxylation is 1. The maximum absolute atomic E-state index is 11.9. The van der Waals surface area contributed by atoms with Crippen molar-refractivity contribution in [2.75, 3.05) is 6.26 Å². The van der Waals surface area contributed by atoms with Gasteiger partial charge in [-0.25, -0.2) is 8.42 Å². The third kappa shape index (κ3) is 2.02. The number of aliphatic hydroxyl groups excluding tert-OH is 1. The molecule has 0 unspecified atom stereocenters. The molecule has 0 aliphatic heterocycles. The smallest absolute Gasteiger partial charge is 0.185 e. The molecule has 1 aliphatic rings. The SMILES string of the molecule is CS(=O)(=O)c1sc(CO)c2c1CCc1ccccc1-2. The van der Waals surface area contributed by atoms with E-state index in [0.717, 1.165) is 34.4 Å². The first-order valence-corrected chi connectivity index (χ1v) is 8.77. The zero-order valence-electron chi connectivity index (χ0n) is 10.5. The van der Waals surface area contributed by atoms with Crippen molar-refractivity contribution in [3.8, 4) is 11.1 Å². The third-order valence-corrected chi connectivity index (χ3v) is 6.54. The number of thiophene rings is 1. The quantitative estimate of drug-likeness (QED) is 0.925. The van der Waals surface area contributed by atoms with Gasteiger partial charge in [0.2, 0.25) is 0 Å². The summed E-state index contributed by atoms with van der Waals surface area (Å²) in [6.45, 7) is -0.114. The lowest BCUT2D eigenvalue weighted by Gasteiger charge is -2.18. The van der Waals surface area contributed by atoms with Crippen molar-refractivity contribution in [3.05, 3.63) is 40.3 Å². The van der Waals surface area contributed by atoms with E-state index < -0.39 is 9.84 Å². The van der Waals surface area contributed by atoms with Gasteiger partial charge >= 0.3 is 0 Å². The van der Waals surface area contributed by atoms with Crippen LogP contribution in [0.25, 0.3) is 11.1 Å². The zero-order valence-corrected chi connectivity index (χ0v) is 12.1. The van der Waals surface area contributed by atoms with Gasteiger partial charge in [0, 0.05) is 16.7 Å². The summed E-state index contributed by atoms with van der Waals surface area (Å²) in [6.07, 6.45) is 2.82. The molecule has 19 heavy (non-hydrogen) atoms. The molecule has 1 aromatic heterocycles. The Bertz CT molecular complexity index is 742. The molecule has 3 rings (SSSR count). The predicted molar refractivity (Wildman–Crippen MR) is 76.2 cm³/mol. The molecule has 5 heteroatoms. The van der Waals surface area contributed by atoms with Gasteiger partial charge in [-0.1, -0.05) is 24.3 Å². The van der Waals surface area contributed by atoms with Crippen LogP contribution in [0.1, 0.15) is 16.0 Å². The summed E-state index contributed by atoms with van der Waals surface area (Å²) in [7, 11) is -3.23. The number of benzene rings is 1. The minimum Gasteiger partial charge on any atom is -0.391 e. The molecule has 0 fully saturated rings. The van der Waals surface area contributed by atoms with Gasteiger partial charge in [-0.15, -0.1) is 11.3 Å². The van der Waals surface area contributed by atoms with Crippen LogP contribution in [0.4, 0.5) is 0 Å². The minimum atomic E-state index is -3.23. The highest BCUT2D eigenvalue weighted by atomic mass is 32.2. The highest BCUT2D eigenvalue weighted by Gasteiger charge is 2.28. The number of sulfone groups is 1. The van der Waals surface area contributed by atoms with E-state index in [2.05, 4.69) is 6.07 Å². The Morgan fingerprint density at radius 2 is 2.00 bits per heavy atom. The van der Waals surface area contributed by atoms with Gasteiger partial charge in [0.15, 0.2) is 9.84 Å². The Balaban J connectivity index is 2.34. The van der Waals surface area contributed by atoms with E-state index in [1.54, 1.807) is 0 Å². The highest BCUT2D eigenvalue weighted by Crippen LogP contribution is 2.44. The van der Waals surface area contributed by atoms with E-state index in [4.69, 9.17) is 0 Å². The second kappa shape index (κ2) is 4.44. The Morgan fingerprint density at radius 3 is 2.68 bits per heavy atom. The van der Waals surface area contributed by atoms with Crippen LogP contribution in [0.3, 0.4) is 0 Å². The van der Waals surface area contributed by atoms with Crippen molar-refractivity contribution in [1.29, 1.82) is 0 Å². The summed E-state index contributed by atoms with van der Waals surface area (Å²) in [4.78, 5) is 0.752. The molecule has 0 bridgehead atoms. The van der Waals surface area contributed by atoms with E-state index in [9.17, 15) is 13.5 Å². The largest absolute Gasteiger partial charge is 0.391 e. The fraction of sp³-hybridized carbons (Fsp3) is 0.286. The number of hydrogen-bond acceptors (Lipinski definition) is 4. The van der Waals surface area contributed by atoms with E-state index in [0.29, 0.717) is 4.21 Å². The van der Waals surface area contributed by atoms with Gasteiger partial charge in [-0.3, -0.25) is 0 Å². The minimum absolute atomic E-state index is 0.114. The number of aliphatic hydroxyl groups is 1. The molecule has 0 amide bonds. The first kappa shape index (κ1) is 12.8. The fourth-order valence-corrected chi connectivity index (χ4v) is 5.20. The summed E-state index contributed by atoms with van der Waals surface area (Å²) >= 11 is 1.21. The molecular formula is C14H14O3S2. The van der Waals surface area contributed by atoms with Gasteiger partial charge in [0.1, 0.15) is 4.21 Å². The third-order valence-electron chi connectivity index (χ3n) is 3.45. The van der Waals surface area contributed by atoms with Crippen LogP contribution >= 0.6 is 11.3 Å². The molecule has 0 saturated heterocycles. The summed E-state index contributed by atoms with van der Waals surface area (Å²) in [5.41, 5.74) is 4.12. The molecule has 0 saturated carbocycles. The lowest BCUT2D eigenvalue weighted by Crippen LogP contribution is -2.06. The number of fused-ring (bicyclic) bond motifs is 3. The Hall–Kier alpha value is -1.17. The molecule has 1 aliphatic carbocycles. The lowest BCUT2D eigenvalue weighted by molar-refractivity contribution is 0.286. The van der Waals surface area contributed by atoms with E-state index in [1.165, 1.54) is 23.2 Å². The molecular weight excluding hydrogens is 280 g/mol. The van der Waals surface area contributed by atoms with Crippen molar-refractivity contribution in [2.24, 2.45) is 0 Å². The van der Waals surface area contributed by atoms with Gasteiger partial charge in [-0.2, -0.15) is 0 Å². The Labute approximate surface area is 116 Å². The molecule has 0 spiro atoms. The molecule has 1 heterocycles. The average molecular weight is 294 g/mol. The van der Waals surface area contributed by atoms with Crippen LogP contribution in [0, 0.1) is 0 Å². The molecule has 1 aromatic carbocycles. The molecule has 1 N–H and O–H groups in total. The van der Waals surface area contributed by atoms with E-state index >= 15 is 0 Å². The van der Waals surface area contributed by atoms with E-state index in [1.807, 2.05) is 18.2 Å². The van der Waals surface area contributed by atoms with Crippen molar-refractivity contribution in [2.45, 2.75) is 23.7 Å². The first-order valence-electron chi connectivity index (χ1n) is 6.06. The van der Waals surface area contributed by atoms with Crippen LogP contribution in [0.5, 0.6) is 0 Å². The van der Waals surface area contributed by atoms with Gasteiger partial charge in [-0.05, 0) is 29.5 Å². The summed E-state index contributed by atoms with van der Waals surface area (Å²) < 4.78 is 24.2. The van der Waals surface area contributed by atoms with Gasteiger partial charge in [0.25, 0.3) is 0 Å². The van der Waals surface area contributed by atoms with Crippen molar-refractivity contribution in [1.82, 2.24) is 0 Å². The topological polar surface area (TPSA) is 54.4 Å². The molecule has 100 valence electrons.